The number of aromatic nitrogens is 1. The molecule has 1 aliphatic heterocycles. The number of rotatable bonds is 12. The van der Waals surface area contributed by atoms with Gasteiger partial charge in [-0.1, -0.05) is 23.5 Å². The van der Waals surface area contributed by atoms with E-state index in [0.29, 0.717) is 66.8 Å². The summed E-state index contributed by atoms with van der Waals surface area (Å²) in [7, 11) is 0. The summed E-state index contributed by atoms with van der Waals surface area (Å²) in [5.41, 5.74) is 4.64. The standard InChI is InChI=1S/C37H37Br2N3O7S/c1-7-46-25-12-10-24(11-13-25)33-32(36(45)48-9-3)22(6)40-37-42(33)35(44)30(50-37)18-23-16-27(39)34(29(17-23)47-8-2)49-19-31(43)41-28-15-21(5)20(4)14-26(28)38/h10-18,33H,7-9,19H2,1-6H3,(H,41,43)/b30-18+/t33-/m0/s1. The molecule has 0 bridgehead atoms. The van der Waals surface area contributed by atoms with Gasteiger partial charge < -0.3 is 24.3 Å². The number of aryl methyl sites for hydroxylation is 2. The first kappa shape index (κ1) is 37.1. The van der Waals surface area contributed by atoms with Gasteiger partial charge in [-0.05, 0) is 138 Å². The van der Waals surface area contributed by atoms with Crippen molar-refractivity contribution in [3.8, 4) is 17.2 Å². The number of ether oxygens (including phenoxy) is 4. The minimum atomic E-state index is -0.750. The zero-order valence-corrected chi connectivity index (χ0v) is 32.5. The Hall–Kier alpha value is -4.20. The maximum Gasteiger partial charge on any atom is 0.338 e. The van der Waals surface area contributed by atoms with Crippen molar-refractivity contribution in [3.05, 3.63) is 111 Å². The molecule has 0 unspecified atom stereocenters. The summed E-state index contributed by atoms with van der Waals surface area (Å²) in [6, 6.07) is 13.9. The molecule has 0 saturated carbocycles. The van der Waals surface area contributed by atoms with Crippen LogP contribution in [0.3, 0.4) is 0 Å². The molecular weight excluding hydrogens is 790 g/mol. The molecule has 5 rings (SSSR count). The van der Waals surface area contributed by atoms with Gasteiger partial charge >= 0.3 is 5.97 Å². The van der Waals surface area contributed by atoms with Gasteiger partial charge in [0.05, 0.1) is 51.8 Å². The van der Waals surface area contributed by atoms with E-state index in [1.54, 1.807) is 32.1 Å². The smallest absolute Gasteiger partial charge is 0.338 e. The van der Waals surface area contributed by atoms with Crippen LogP contribution < -0.4 is 34.4 Å². The molecule has 50 heavy (non-hydrogen) atoms. The lowest BCUT2D eigenvalue weighted by atomic mass is 9.96. The van der Waals surface area contributed by atoms with Crippen LogP contribution in [0.1, 0.15) is 56.0 Å². The zero-order valence-electron chi connectivity index (χ0n) is 28.5. The lowest BCUT2D eigenvalue weighted by molar-refractivity contribution is -0.139. The number of esters is 1. The van der Waals surface area contributed by atoms with Crippen molar-refractivity contribution < 1.29 is 28.5 Å². The fourth-order valence-electron chi connectivity index (χ4n) is 5.45. The van der Waals surface area contributed by atoms with E-state index in [1.807, 2.05) is 64.1 Å². The van der Waals surface area contributed by atoms with Gasteiger partial charge in [-0.25, -0.2) is 9.79 Å². The minimum absolute atomic E-state index is 0.182. The summed E-state index contributed by atoms with van der Waals surface area (Å²) in [5, 5.41) is 2.88. The van der Waals surface area contributed by atoms with Crippen molar-refractivity contribution in [1.29, 1.82) is 0 Å². The van der Waals surface area contributed by atoms with E-state index >= 15 is 0 Å². The Balaban J connectivity index is 1.49. The quantitative estimate of drug-likeness (QED) is 0.157. The molecule has 262 valence electrons. The summed E-state index contributed by atoms with van der Waals surface area (Å²) in [5.74, 6) is 0.560. The predicted octanol–water partition coefficient (Wildman–Crippen LogP) is 6.76. The maximum atomic E-state index is 14.1. The number of carbonyl (C=O) groups is 2. The van der Waals surface area contributed by atoms with Crippen LogP contribution in [0.4, 0.5) is 5.69 Å². The third-order valence-corrected chi connectivity index (χ3v) is 10.1. The van der Waals surface area contributed by atoms with Gasteiger partial charge in [0.1, 0.15) is 5.75 Å². The van der Waals surface area contributed by atoms with Gasteiger partial charge in [-0.2, -0.15) is 0 Å². The first-order valence-electron chi connectivity index (χ1n) is 16.0. The Kier molecular flexibility index (Phi) is 12.0. The van der Waals surface area contributed by atoms with E-state index < -0.39 is 12.0 Å². The van der Waals surface area contributed by atoms with Crippen molar-refractivity contribution >= 4 is 66.8 Å². The van der Waals surface area contributed by atoms with Gasteiger partial charge in [0.15, 0.2) is 22.9 Å². The largest absolute Gasteiger partial charge is 0.494 e. The van der Waals surface area contributed by atoms with Crippen molar-refractivity contribution in [2.75, 3.05) is 31.7 Å². The molecule has 0 saturated heterocycles. The normalized spacial score (nSPS) is 14.2. The number of nitrogens with one attached hydrogen (secondary N) is 1. The molecule has 1 aliphatic rings. The lowest BCUT2D eigenvalue weighted by Gasteiger charge is -2.24. The molecule has 10 nitrogen and oxygen atoms in total. The van der Waals surface area contributed by atoms with Gasteiger partial charge in [-0.3, -0.25) is 14.2 Å². The van der Waals surface area contributed by atoms with Crippen LogP contribution in [0.2, 0.25) is 0 Å². The van der Waals surface area contributed by atoms with E-state index in [4.69, 9.17) is 18.9 Å². The minimum Gasteiger partial charge on any atom is -0.494 e. The second-order valence-electron chi connectivity index (χ2n) is 11.3. The molecule has 3 aromatic carbocycles. The Morgan fingerprint density at radius 1 is 0.920 bits per heavy atom. The van der Waals surface area contributed by atoms with E-state index in [1.165, 1.54) is 15.9 Å². The number of hydrogen-bond acceptors (Lipinski definition) is 9. The van der Waals surface area contributed by atoms with Gasteiger partial charge in [0, 0.05) is 4.47 Å². The highest BCUT2D eigenvalue weighted by molar-refractivity contribution is 9.11. The van der Waals surface area contributed by atoms with Crippen molar-refractivity contribution in [1.82, 2.24) is 4.57 Å². The zero-order chi connectivity index (χ0) is 36.1. The van der Waals surface area contributed by atoms with E-state index in [-0.39, 0.29) is 24.7 Å². The average Bonchev–Trinajstić information content (AvgIpc) is 3.36. The number of thiazole rings is 1. The lowest BCUT2D eigenvalue weighted by Crippen LogP contribution is -2.39. The second-order valence-corrected chi connectivity index (χ2v) is 14.0. The molecule has 0 radical (unpaired) electrons. The Morgan fingerprint density at radius 2 is 1.62 bits per heavy atom. The first-order chi connectivity index (χ1) is 23.9. The summed E-state index contributed by atoms with van der Waals surface area (Å²) in [6.45, 7) is 12.0. The van der Waals surface area contributed by atoms with Crippen LogP contribution in [-0.2, 0) is 14.3 Å². The Morgan fingerprint density at radius 3 is 2.30 bits per heavy atom. The number of fused-ring (bicyclic) bond motifs is 1. The van der Waals surface area contributed by atoms with Crippen molar-refractivity contribution in [3.63, 3.8) is 0 Å². The molecule has 1 amide bonds. The van der Waals surface area contributed by atoms with Gasteiger partial charge in [-0.15, -0.1) is 0 Å². The Labute approximate surface area is 310 Å². The molecule has 2 heterocycles. The first-order valence-corrected chi connectivity index (χ1v) is 18.4. The molecule has 0 spiro atoms. The predicted molar refractivity (Wildman–Crippen MR) is 201 cm³/mol. The fraction of sp³-hybridized carbons (Fsp3) is 0.297. The molecule has 1 N–H and O–H groups in total. The molecule has 1 aromatic heterocycles. The molecule has 0 aliphatic carbocycles. The number of anilines is 1. The number of hydrogen-bond donors (Lipinski definition) is 1. The summed E-state index contributed by atoms with van der Waals surface area (Å²) in [4.78, 5) is 45.3. The molecule has 13 heteroatoms. The van der Waals surface area contributed by atoms with E-state index in [2.05, 4.69) is 42.2 Å². The highest BCUT2D eigenvalue weighted by Gasteiger charge is 2.33. The van der Waals surface area contributed by atoms with Crippen LogP contribution >= 0.6 is 43.2 Å². The summed E-state index contributed by atoms with van der Waals surface area (Å²) < 4.78 is 26.1. The molecule has 1 atom stereocenters. The SMILES string of the molecule is CCOC(=O)C1=C(C)N=c2s/c(=C/c3cc(Br)c(OCC(=O)Nc4cc(C)c(C)cc4Br)c(OCC)c3)c(=O)n2[C@H]1c1ccc(OCC)cc1. The fourth-order valence-corrected chi connectivity index (χ4v) is 7.62. The molecule has 4 aromatic rings. The number of nitrogens with zero attached hydrogens (tertiary/aromatic N) is 2. The highest BCUT2D eigenvalue weighted by Crippen LogP contribution is 2.38. The highest BCUT2D eigenvalue weighted by atomic mass is 79.9. The third-order valence-electron chi connectivity index (χ3n) is 7.86. The molecule has 0 fully saturated rings. The van der Waals surface area contributed by atoms with Gasteiger partial charge in [0.2, 0.25) is 0 Å². The van der Waals surface area contributed by atoms with E-state index in [0.717, 1.165) is 21.2 Å². The monoisotopic (exact) mass is 825 g/mol. The van der Waals surface area contributed by atoms with Crippen LogP contribution in [0.25, 0.3) is 6.08 Å². The van der Waals surface area contributed by atoms with Gasteiger partial charge in [0.25, 0.3) is 11.5 Å². The number of amides is 1. The number of carbonyl (C=O) groups excluding carboxylic acids is 2. The average molecular weight is 828 g/mol. The van der Waals surface area contributed by atoms with Crippen LogP contribution in [0.5, 0.6) is 17.2 Å². The summed E-state index contributed by atoms with van der Waals surface area (Å²) >= 11 is 8.30. The van der Waals surface area contributed by atoms with Crippen LogP contribution in [0.15, 0.2) is 78.5 Å². The number of allylic oxidation sites excluding steroid dienone is 1. The van der Waals surface area contributed by atoms with Crippen molar-refractivity contribution in [2.45, 2.75) is 47.6 Å². The Bertz CT molecular complexity index is 2160. The number of halogens is 2. The van der Waals surface area contributed by atoms with Crippen molar-refractivity contribution in [2.24, 2.45) is 4.99 Å². The third kappa shape index (κ3) is 8.06. The van der Waals surface area contributed by atoms with Crippen LogP contribution in [-0.4, -0.2) is 42.9 Å². The number of benzene rings is 3. The maximum absolute atomic E-state index is 14.1. The van der Waals surface area contributed by atoms with Crippen LogP contribution in [0, 0.1) is 13.8 Å². The van der Waals surface area contributed by atoms with E-state index in [9.17, 15) is 14.4 Å². The topological polar surface area (TPSA) is 117 Å². The summed E-state index contributed by atoms with van der Waals surface area (Å²) in [6.07, 6.45) is 1.74. The second kappa shape index (κ2) is 16.2. The molecular formula is C37H37Br2N3O7S.